The van der Waals surface area contributed by atoms with Crippen molar-refractivity contribution in [1.82, 2.24) is 5.32 Å². The fourth-order valence-corrected chi connectivity index (χ4v) is 1.88. The molecule has 1 amide bonds. The van der Waals surface area contributed by atoms with Gasteiger partial charge in [0.25, 0.3) is 0 Å². The van der Waals surface area contributed by atoms with Gasteiger partial charge in [0.1, 0.15) is 0 Å². The molecule has 1 N–H and O–H groups in total. The van der Waals surface area contributed by atoms with Crippen LogP contribution in [0.5, 0.6) is 0 Å². The van der Waals surface area contributed by atoms with Crippen molar-refractivity contribution in [2.45, 2.75) is 32.2 Å². The van der Waals surface area contributed by atoms with Gasteiger partial charge in [0, 0.05) is 10.9 Å². The molecule has 2 rings (SSSR count). The maximum Gasteiger partial charge on any atom is 0.223 e. The molecule has 2 nitrogen and oxygen atoms in total. The topological polar surface area (TPSA) is 29.1 Å². The zero-order valence-corrected chi connectivity index (χ0v) is 10.1. The van der Waals surface area contributed by atoms with Gasteiger partial charge in [-0.25, -0.2) is 0 Å². The first-order valence-electron chi connectivity index (χ1n) is 5.76. The summed E-state index contributed by atoms with van der Waals surface area (Å²) in [5.74, 6) is 0.461. The van der Waals surface area contributed by atoms with Gasteiger partial charge < -0.3 is 5.32 Å². The molecule has 1 saturated carbocycles. The van der Waals surface area contributed by atoms with E-state index in [0.29, 0.717) is 0 Å². The normalized spacial score (nSPS) is 16.9. The number of benzene rings is 1. The molecule has 1 aromatic rings. The van der Waals surface area contributed by atoms with Gasteiger partial charge in [-0.15, -0.1) is 0 Å². The molecule has 1 aliphatic carbocycles. The molecule has 1 fully saturated rings. The third-order valence-electron chi connectivity index (χ3n) is 2.95. The van der Waals surface area contributed by atoms with Gasteiger partial charge in [-0.3, -0.25) is 4.79 Å². The highest BCUT2D eigenvalue weighted by molar-refractivity contribution is 6.30. The monoisotopic (exact) mass is 237 g/mol. The van der Waals surface area contributed by atoms with E-state index in [1.54, 1.807) is 0 Å². The van der Waals surface area contributed by atoms with Crippen LogP contribution in [-0.2, 0) is 4.79 Å². The Balaban J connectivity index is 2.03. The summed E-state index contributed by atoms with van der Waals surface area (Å²) in [5.41, 5.74) is 1.13. The summed E-state index contributed by atoms with van der Waals surface area (Å²) in [6.45, 7) is 2.08. The van der Waals surface area contributed by atoms with Crippen molar-refractivity contribution in [2.24, 2.45) is 5.92 Å². The largest absolute Gasteiger partial charge is 0.349 e. The number of hydrogen-bond donors (Lipinski definition) is 1. The Hall–Kier alpha value is -1.02. The Labute approximate surface area is 101 Å². The second-order valence-corrected chi connectivity index (χ2v) is 4.73. The minimum Gasteiger partial charge on any atom is -0.349 e. The van der Waals surface area contributed by atoms with Crippen LogP contribution in [0.4, 0.5) is 0 Å². The molecule has 0 bridgehead atoms. The molecule has 0 radical (unpaired) electrons. The predicted molar refractivity (Wildman–Crippen MR) is 65.4 cm³/mol. The quantitative estimate of drug-likeness (QED) is 0.855. The summed E-state index contributed by atoms with van der Waals surface area (Å²) in [6.07, 6.45) is 2.99. The second kappa shape index (κ2) is 4.88. The molecule has 0 saturated heterocycles. The number of halogens is 1. The Morgan fingerprint density at radius 2 is 2.06 bits per heavy atom. The van der Waals surface area contributed by atoms with E-state index in [-0.39, 0.29) is 17.9 Å². The molecule has 86 valence electrons. The zero-order chi connectivity index (χ0) is 11.5. The fraction of sp³-hybridized carbons (Fsp3) is 0.462. The van der Waals surface area contributed by atoms with E-state index in [9.17, 15) is 4.79 Å². The van der Waals surface area contributed by atoms with Gasteiger partial charge in [0.05, 0.1) is 6.04 Å². The molecule has 16 heavy (non-hydrogen) atoms. The lowest BCUT2D eigenvalue weighted by Gasteiger charge is -2.17. The van der Waals surface area contributed by atoms with Crippen LogP contribution < -0.4 is 5.32 Å². The van der Waals surface area contributed by atoms with E-state index in [1.807, 2.05) is 24.3 Å². The number of hydrogen-bond acceptors (Lipinski definition) is 1. The molecule has 1 aromatic carbocycles. The molecule has 0 spiro atoms. The van der Waals surface area contributed by atoms with Crippen molar-refractivity contribution in [2.75, 3.05) is 0 Å². The minimum absolute atomic E-state index is 0.116. The first-order chi connectivity index (χ1) is 7.70. The van der Waals surface area contributed by atoms with Crippen LogP contribution in [0.25, 0.3) is 0 Å². The Bertz CT molecular complexity index is 370. The SMILES string of the molecule is CCC(NC(=O)C1CC1)c1ccc(Cl)cc1. The van der Waals surface area contributed by atoms with Crippen molar-refractivity contribution in [3.8, 4) is 0 Å². The Morgan fingerprint density at radius 1 is 1.44 bits per heavy atom. The van der Waals surface area contributed by atoms with Crippen molar-refractivity contribution >= 4 is 17.5 Å². The first-order valence-corrected chi connectivity index (χ1v) is 6.14. The van der Waals surface area contributed by atoms with Crippen molar-refractivity contribution in [3.05, 3.63) is 34.9 Å². The average Bonchev–Trinajstić information content (AvgIpc) is 3.11. The summed E-state index contributed by atoms with van der Waals surface area (Å²) in [7, 11) is 0. The van der Waals surface area contributed by atoms with Gasteiger partial charge in [-0.2, -0.15) is 0 Å². The molecular weight excluding hydrogens is 222 g/mol. The zero-order valence-electron chi connectivity index (χ0n) is 9.37. The maximum absolute atomic E-state index is 11.7. The molecular formula is C13H16ClNO. The Morgan fingerprint density at radius 3 is 2.56 bits per heavy atom. The van der Waals surface area contributed by atoms with Gasteiger partial charge >= 0.3 is 0 Å². The molecule has 0 aliphatic heterocycles. The molecule has 0 aromatic heterocycles. The average molecular weight is 238 g/mol. The van der Waals surface area contributed by atoms with Gasteiger partial charge in [0.15, 0.2) is 0 Å². The van der Waals surface area contributed by atoms with E-state index in [4.69, 9.17) is 11.6 Å². The van der Waals surface area contributed by atoms with Crippen LogP contribution in [-0.4, -0.2) is 5.91 Å². The lowest BCUT2D eigenvalue weighted by atomic mass is 10.0. The van der Waals surface area contributed by atoms with Gasteiger partial charge in [-0.1, -0.05) is 30.7 Å². The highest BCUT2D eigenvalue weighted by Crippen LogP contribution is 2.30. The minimum atomic E-state index is 0.116. The molecule has 0 heterocycles. The van der Waals surface area contributed by atoms with Crippen molar-refractivity contribution in [1.29, 1.82) is 0 Å². The number of rotatable bonds is 4. The third-order valence-corrected chi connectivity index (χ3v) is 3.20. The van der Waals surface area contributed by atoms with Crippen LogP contribution in [0.3, 0.4) is 0 Å². The molecule has 1 unspecified atom stereocenters. The highest BCUT2D eigenvalue weighted by Gasteiger charge is 2.30. The van der Waals surface area contributed by atoms with Crippen molar-refractivity contribution < 1.29 is 4.79 Å². The summed E-state index contributed by atoms with van der Waals surface area (Å²) in [4.78, 5) is 11.7. The van der Waals surface area contributed by atoms with E-state index < -0.39 is 0 Å². The van der Waals surface area contributed by atoms with Crippen LogP contribution in [0, 0.1) is 5.92 Å². The summed E-state index contributed by atoms with van der Waals surface area (Å²) in [5, 5.41) is 3.81. The summed E-state index contributed by atoms with van der Waals surface area (Å²) < 4.78 is 0. The number of carbonyl (C=O) groups is 1. The maximum atomic E-state index is 11.7. The van der Waals surface area contributed by atoms with E-state index >= 15 is 0 Å². The summed E-state index contributed by atoms with van der Waals surface area (Å²) >= 11 is 5.84. The van der Waals surface area contributed by atoms with E-state index in [2.05, 4.69) is 12.2 Å². The van der Waals surface area contributed by atoms with Gasteiger partial charge in [-0.05, 0) is 37.0 Å². The fourth-order valence-electron chi connectivity index (χ4n) is 1.75. The highest BCUT2D eigenvalue weighted by atomic mass is 35.5. The lowest BCUT2D eigenvalue weighted by Crippen LogP contribution is -2.29. The standard InChI is InChI=1S/C13H16ClNO/c1-2-12(15-13(16)10-3-4-10)9-5-7-11(14)8-6-9/h5-8,10,12H,2-4H2,1H3,(H,15,16). The Kier molecular flexibility index (Phi) is 3.49. The van der Waals surface area contributed by atoms with Crippen LogP contribution >= 0.6 is 11.6 Å². The molecule has 3 heteroatoms. The van der Waals surface area contributed by atoms with Crippen LogP contribution in [0.15, 0.2) is 24.3 Å². The summed E-state index contributed by atoms with van der Waals surface area (Å²) in [6, 6.07) is 7.80. The van der Waals surface area contributed by atoms with Crippen molar-refractivity contribution in [3.63, 3.8) is 0 Å². The molecule has 1 atom stereocenters. The number of amides is 1. The third kappa shape index (κ3) is 2.76. The second-order valence-electron chi connectivity index (χ2n) is 4.30. The van der Waals surface area contributed by atoms with E-state index in [0.717, 1.165) is 29.8 Å². The predicted octanol–water partition coefficient (Wildman–Crippen LogP) is 3.32. The smallest absolute Gasteiger partial charge is 0.223 e. The molecule has 1 aliphatic rings. The van der Waals surface area contributed by atoms with Crippen LogP contribution in [0.1, 0.15) is 37.8 Å². The lowest BCUT2D eigenvalue weighted by molar-refractivity contribution is -0.123. The number of nitrogens with one attached hydrogen (secondary N) is 1. The van der Waals surface area contributed by atoms with E-state index in [1.165, 1.54) is 0 Å². The van der Waals surface area contributed by atoms with Gasteiger partial charge in [0.2, 0.25) is 5.91 Å². The first kappa shape index (κ1) is 11.5. The van der Waals surface area contributed by atoms with Crippen LogP contribution in [0.2, 0.25) is 5.02 Å². The number of carbonyl (C=O) groups excluding carboxylic acids is 1.